The molecule has 1 aliphatic heterocycles. The molecule has 0 saturated carbocycles. The van der Waals surface area contributed by atoms with Gasteiger partial charge in [0.25, 0.3) is 5.91 Å². The van der Waals surface area contributed by atoms with Crippen LogP contribution in [0.5, 0.6) is 0 Å². The van der Waals surface area contributed by atoms with E-state index in [-0.39, 0.29) is 5.78 Å². The highest BCUT2D eigenvalue weighted by Crippen LogP contribution is 2.46. The number of carbonyl (C=O) groups is 2. The summed E-state index contributed by atoms with van der Waals surface area (Å²) in [7, 11) is 1.63. The predicted molar refractivity (Wildman–Crippen MR) is 85.5 cm³/mol. The fraction of sp³-hybridized carbons (Fsp3) is 0.118. The number of anilines is 1. The Morgan fingerprint density at radius 2 is 1.68 bits per heavy atom. The van der Waals surface area contributed by atoms with Gasteiger partial charge in [-0.15, -0.1) is 0 Å². The van der Waals surface area contributed by atoms with E-state index >= 15 is 0 Å². The second-order valence-corrected chi connectivity index (χ2v) is 5.95. The van der Waals surface area contributed by atoms with Crippen molar-refractivity contribution in [1.82, 2.24) is 0 Å². The van der Waals surface area contributed by atoms with Crippen LogP contribution in [0, 0.1) is 10.7 Å². The first-order chi connectivity index (χ1) is 10.6. The van der Waals surface area contributed by atoms with Gasteiger partial charge < -0.3 is 4.90 Å². The van der Waals surface area contributed by atoms with Crippen molar-refractivity contribution in [3.63, 3.8) is 0 Å². The van der Waals surface area contributed by atoms with Crippen LogP contribution in [-0.4, -0.2) is 18.7 Å². The van der Waals surface area contributed by atoms with E-state index in [1.165, 1.54) is 4.90 Å². The van der Waals surface area contributed by atoms with Crippen molar-refractivity contribution in [2.45, 2.75) is 4.75 Å². The lowest BCUT2D eigenvalue weighted by Gasteiger charge is -2.37. The highest BCUT2D eigenvalue weighted by Gasteiger charge is 2.54. The Labute approximate surface area is 132 Å². The first kappa shape index (κ1) is 14.4. The summed E-state index contributed by atoms with van der Waals surface area (Å²) in [5.41, 5.74) is 1.55. The van der Waals surface area contributed by atoms with Crippen molar-refractivity contribution >= 4 is 29.1 Å². The molecule has 0 aliphatic carbocycles. The Bertz CT molecular complexity index is 798. The molecule has 3 rings (SSSR count). The van der Waals surface area contributed by atoms with Crippen molar-refractivity contribution in [3.05, 3.63) is 65.7 Å². The van der Waals surface area contributed by atoms with Crippen LogP contribution in [0.1, 0.15) is 15.9 Å². The Hall–Kier alpha value is -2.58. The van der Waals surface area contributed by atoms with E-state index in [4.69, 9.17) is 0 Å². The van der Waals surface area contributed by atoms with Gasteiger partial charge in [-0.05, 0) is 29.5 Å². The van der Waals surface area contributed by atoms with Gasteiger partial charge in [-0.2, -0.15) is 5.26 Å². The minimum absolute atomic E-state index is 0.344. The van der Waals surface area contributed by atoms with E-state index in [9.17, 15) is 14.9 Å². The van der Waals surface area contributed by atoms with Gasteiger partial charge in [0.1, 0.15) is 5.40 Å². The lowest BCUT2D eigenvalue weighted by Crippen LogP contribution is -2.52. The van der Waals surface area contributed by atoms with E-state index in [2.05, 4.69) is 0 Å². The average Bonchev–Trinajstić information content (AvgIpc) is 2.57. The van der Waals surface area contributed by atoms with Crippen molar-refractivity contribution in [2.24, 2.45) is 0 Å². The van der Waals surface area contributed by atoms with E-state index in [1.807, 2.05) is 11.5 Å². The van der Waals surface area contributed by atoms with Gasteiger partial charge in [0.15, 0.2) is 10.5 Å². The highest BCUT2D eigenvalue weighted by molar-refractivity contribution is 8.06. The van der Waals surface area contributed by atoms with Crippen LogP contribution in [0.3, 0.4) is 0 Å². The molecule has 22 heavy (non-hydrogen) atoms. The van der Waals surface area contributed by atoms with Gasteiger partial charge in [0.05, 0.1) is 5.69 Å². The minimum atomic E-state index is -1.54. The maximum atomic E-state index is 13.1. The third-order valence-corrected chi connectivity index (χ3v) is 4.81. The molecule has 2 aromatic rings. The van der Waals surface area contributed by atoms with E-state index in [1.54, 1.807) is 55.6 Å². The molecule has 4 nitrogen and oxygen atoms in total. The fourth-order valence-corrected chi connectivity index (χ4v) is 3.55. The number of nitrogens with zero attached hydrogens (tertiary/aromatic N) is 2. The molecule has 1 atom stereocenters. The number of hydrogen-bond donors (Lipinski definition) is 0. The van der Waals surface area contributed by atoms with E-state index < -0.39 is 10.7 Å². The van der Waals surface area contributed by atoms with E-state index in [0.717, 1.165) is 0 Å². The van der Waals surface area contributed by atoms with Gasteiger partial charge >= 0.3 is 0 Å². The fourth-order valence-electron chi connectivity index (χ4n) is 2.74. The number of benzene rings is 2. The van der Waals surface area contributed by atoms with E-state index in [0.29, 0.717) is 28.6 Å². The second kappa shape index (κ2) is 5.32. The predicted octanol–water partition coefficient (Wildman–Crippen LogP) is 2.96. The summed E-state index contributed by atoms with van der Waals surface area (Å²) >= 11 is 0.701. The van der Waals surface area contributed by atoms with Gasteiger partial charge in [-0.25, -0.2) is 0 Å². The summed E-state index contributed by atoms with van der Waals surface area (Å²) in [4.78, 5) is 27.5. The largest absolute Gasteiger partial charge is 0.313 e. The number of nitriles is 1. The summed E-state index contributed by atoms with van der Waals surface area (Å²) in [6.07, 6.45) is 0. The quantitative estimate of drug-likeness (QED) is 0.632. The molecule has 0 N–H and O–H groups in total. The van der Waals surface area contributed by atoms with Crippen LogP contribution in [0.15, 0.2) is 54.6 Å². The van der Waals surface area contributed by atoms with Crippen molar-refractivity contribution in [1.29, 1.82) is 5.26 Å². The monoisotopic (exact) mass is 308 g/mol. The molecule has 0 radical (unpaired) electrons. The summed E-state index contributed by atoms with van der Waals surface area (Å²) in [6, 6.07) is 15.7. The van der Waals surface area contributed by atoms with Gasteiger partial charge in [0.2, 0.25) is 0 Å². The molecule has 1 aliphatic rings. The molecule has 5 heteroatoms. The molecule has 0 aromatic heterocycles. The summed E-state index contributed by atoms with van der Waals surface area (Å²) in [6.45, 7) is 0. The summed E-state index contributed by atoms with van der Waals surface area (Å²) in [5, 5.41) is 11.1. The third-order valence-electron chi connectivity index (χ3n) is 3.81. The topological polar surface area (TPSA) is 61.2 Å². The second-order valence-electron chi connectivity index (χ2n) is 4.95. The number of thiocyanates is 1. The molecule has 0 spiro atoms. The molecule has 1 unspecified atom stereocenters. The van der Waals surface area contributed by atoms with Crippen LogP contribution in [0.2, 0.25) is 0 Å². The standard InChI is InChI=1S/C17H12N2O2S/c1-19-14-10-6-5-9-13(14)15(20)17(16(19)21,22-11-18)12-7-3-2-4-8-12/h2-10H,1H3. The van der Waals surface area contributed by atoms with Gasteiger partial charge in [0, 0.05) is 12.6 Å². The van der Waals surface area contributed by atoms with Gasteiger partial charge in [-0.1, -0.05) is 42.5 Å². The van der Waals surface area contributed by atoms with Crippen LogP contribution < -0.4 is 4.90 Å². The lowest BCUT2D eigenvalue weighted by atomic mass is 9.84. The third kappa shape index (κ3) is 1.85. The number of carbonyl (C=O) groups excluding carboxylic acids is 2. The van der Waals surface area contributed by atoms with Crippen molar-refractivity contribution in [2.75, 3.05) is 11.9 Å². The zero-order chi connectivity index (χ0) is 15.7. The number of para-hydroxylation sites is 1. The molecule has 1 amide bonds. The normalized spacial score (nSPS) is 20.5. The lowest BCUT2D eigenvalue weighted by molar-refractivity contribution is -0.119. The summed E-state index contributed by atoms with van der Waals surface area (Å²) in [5.74, 6) is -0.738. The van der Waals surface area contributed by atoms with Crippen molar-refractivity contribution < 1.29 is 9.59 Å². The van der Waals surface area contributed by atoms with Gasteiger partial charge in [-0.3, -0.25) is 9.59 Å². The number of rotatable bonds is 2. The smallest absolute Gasteiger partial charge is 0.256 e. The Morgan fingerprint density at radius 1 is 1.05 bits per heavy atom. The number of hydrogen-bond acceptors (Lipinski definition) is 4. The first-order valence-corrected chi connectivity index (χ1v) is 7.49. The number of thioether (sulfide) groups is 1. The zero-order valence-electron chi connectivity index (χ0n) is 11.8. The molecule has 0 fully saturated rings. The SMILES string of the molecule is CN1C(=O)C(SC#N)(c2ccccc2)C(=O)c2ccccc21. The maximum absolute atomic E-state index is 13.1. The number of ketones is 1. The van der Waals surface area contributed by atoms with Crippen molar-refractivity contribution in [3.8, 4) is 5.40 Å². The zero-order valence-corrected chi connectivity index (χ0v) is 12.6. The number of Topliss-reactive ketones (excluding diaryl/α,β-unsaturated/α-hetero) is 1. The van der Waals surface area contributed by atoms with Crippen LogP contribution in [0.25, 0.3) is 0 Å². The Kier molecular flexibility index (Phi) is 3.47. The van der Waals surface area contributed by atoms with Crippen LogP contribution in [-0.2, 0) is 9.54 Å². The number of amides is 1. The molecule has 1 heterocycles. The number of fused-ring (bicyclic) bond motifs is 1. The van der Waals surface area contributed by atoms with Crippen LogP contribution >= 0.6 is 11.8 Å². The molecular formula is C17H12N2O2S. The molecule has 108 valence electrons. The number of likely N-dealkylation sites (N-methyl/N-ethyl adjacent to an activating group) is 1. The highest BCUT2D eigenvalue weighted by atomic mass is 32.2. The molecule has 0 bridgehead atoms. The Balaban J connectivity index is 2.30. The molecule has 2 aromatic carbocycles. The maximum Gasteiger partial charge on any atom is 0.256 e. The first-order valence-electron chi connectivity index (χ1n) is 6.67. The van der Waals surface area contributed by atoms with Crippen LogP contribution in [0.4, 0.5) is 5.69 Å². The average molecular weight is 308 g/mol. The Morgan fingerprint density at radius 3 is 2.36 bits per heavy atom. The molecule has 0 saturated heterocycles. The molecular weight excluding hydrogens is 296 g/mol. The minimum Gasteiger partial charge on any atom is -0.313 e. The summed E-state index contributed by atoms with van der Waals surface area (Å²) < 4.78 is -1.54.